The molecule has 1 heterocycles. The van der Waals surface area contributed by atoms with E-state index in [2.05, 4.69) is 4.98 Å². The summed E-state index contributed by atoms with van der Waals surface area (Å²) in [6, 6.07) is 9.39. The number of nitro groups is 1. The first kappa shape index (κ1) is 10.9. The SMILES string of the molecule is O=Cc1ccc(-c2ncccc2[N+](=O)[O-])cc1. The van der Waals surface area contributed by atoms with E-state index in [4.69, 9.17) is 0 Å². The molecule has 1 aromatic carbocycles. The van der Waals surface area contributed by atoms with Gasteiger partial charge in [0.15, 0.2) is 0 Å². The van der Waals surface area contributed by atoms with Crippen LogP contribution in [0.25, 0.3) is 11.3 Å². The van der Waals surface area contributed by atoms with Crippen LogP contribution in [0, 0.1) is 10.1 Å². The zero-order valence-corrected chi connectivity index (χ0v) is 8.74. The predicted molar refractivity (Wildman–Crippen MR) is 61.7 cm³/mol. The molecule has 5 nitrogen and oxygen atoms in total. The van der Waals surface area contributed by atoms with Crippen LogP contribution in [0.15, 0.2) is 42.6 Å². The first-order valence-corrected chi connectivity index (χ1v) is 4.87. The molecule has 0 fully saturated rings. The molecule has 5 heteroatoms. The minimum atomic E-state index is -0.476. The highest BCUT2D eigenvalue weighted by atomic mass is 16.6. The highest BCUT2D eigenvalue weighted by Crippen LogP contribution is 2.26. The fourth-order valence-electron chi connectivity index (χ4n) is 1.49. The zero-order chi connectivity index (χ0) is 12.3. The van der Waals surface area contributed by atoms with Crippen molar-refractivity contribution in [3.8, 4) is 11.3 Å². The molecule has 0 saturated carbocycles. The van der Waals surface area contributed by atoms with Gasteiger partial charge in [-0.2, -0.15) is 0 Å². The Balaban J connectivity index is 2.52. The molecule has 2 rings (SSSR count). The summed E-state index contributed by atoms with van der Waals surface area (Å²) in [6.45, 7) is 0. The van der Waals surface area contributed by atoms with Crippen LogP contribution in [-0.4, -0.2) is 16.2 Å². The minimum absolute atomic E-state index is 0.0497. The smallest absolute Gasteiger partial charge is 0.295 e. The summed E-state index contributed by atoms with van der Waals surface area (Å²) in [5.74, 6) is 0. The van der Waals surface area contributed by atoms with Gasteiger partial charge < -0.3 is 0 Å². The van der Waals surface area contributed by atoms with Gasteiger partial charge in [0.25, 0.3) is 5.69 Å². The lowest BCUT2D eigenvalue weighted by atomic mass is 10.1. The second kappa shape index (κ2) is 4.52. The molecule has 0 radical (unpaired) electrons. The number of hydrogen-bond donors (Lipinski definition) is 0. The molecule has 17 heavy (non-hydrogen) atoms. The first-order chi connectivity index (χ1) is 8.22. The van der Waals surface area contributed by atoms with Crippen LogP contribution >= 0.6 is 0 Å². The molecule has 0 atom stereocenters. The number of carbonyl (C=O) groups is 1. The Kier molecular flexibility index (Phi) is 2.91. The summed E-state index contributed by atoms with van der Waals surface area (Å²) < 4.78 is 0. The van der Waals surface area contributed by atoms with Gasteiger partial charge in [0.1, 0.15) is 12.0 Å². The molecule has 0 aliphatic heterocycles. The van der Waals surface area contributed by atoms with Gasteiger partial charge in [-0.3, -0.25) is 14.9 Å². The molecule has 0 aliphatic rings. The average Bonchev–Trinajstić information content (AvgIpc) is 2.39. The number of benzene rings is 1. The van der Waals surface area contributed by atoms with Crippen LogP contribution in [0.1, 0.15) is 10.4 Å². The van der Waals surface area contributed by atoms with Crippen molar-refractivity contribution in [3.05, 3.63) is 58.3 Å². The third kappa shape index (κ3) is 2.17. The van der Waals surface area contributed by atoms with Gasteiger partial charge in [-0.25, -0.2) is 4.98 Å². The zero-order valence-electron chi connectivity index (χ0n) is 8.74. The summed E-state index contributed by atoms with van der Waals surface area (Å²) in [7, 11) is 0. The Morgan fingerprint density at radius 3 is 2.47 bits per heavy atom. The third-order valence-corrected chi connectivity index (χ3v) is 2.30. The van der Waals surface area contributed by atoms with Gasteiger partial charge >= 0.3 is 0 Å². The van der Waals surface area contributed by atoms with Gasteiger partial charge in [-0.05, 0) is 6.07 Å². The molecule has 84 valence electrons. The van der Waals surface area contributed by atoms with Crippen molar-refractivity contribution in [3.63, 3.8) is 0 Å². The van der Waals surface area contributed by atoms with E-state index in [9.17, 15) is 14.9 Å². The van der Waals surface area contributed by atoms with Crippen molar-refractivity contribution in [2.45, 2.75) is 0 Å². The maximum atomic E-state index is 10.8. The Hall–Kier alpha value is -2.56. The maximum Gasteiger partial charge on any atom is 0.295 e. The van der Waals surface area contributed by atoms with Gasteiger partial charge in [-0.15, -0.1) is 0 Å². The highest BCUT2D eigenvalue weighted by Gasteiger charge is 2.15. The maximum absolute atomic E-state index is 10.8. The molecule has 0 unspecified atom stereocenters. The monoisotopic (exact) mass is 228 g/mol. The summed E-state index contributed by atoms with van der Waals surface area (Å²) in [6.07, 6.45) is 2.21. The molecule has 0 aliphatic carbocycles. The Morgan fingerprint density at radius 2 is 1.88 bits per heavy atom. The van der Waals surface area contributed by atoms with E-state index in [0.29, 0.717) is 16.8 Å². The van der Waals surface area contributed by atoms with E-state index in [1.54, 1.807) is 24.3 Å². The van der Waals surface area contributed by atoms with E-state index in [-0.39, 0.29) is 5.69 Å². The van der Waals surface area contributed by atoms with Crippen molar-refractivity contribution in [2.75, 3.05) is 0 Å². The molecular formula is C12H8N2O3. The molecule has 0 bridgehead atoms. The van der Waals surface area contributed by atoms with E-state index in [1.165, 1.54) is 18.3 Å². The van der Waals surface area contributed by atoms with Gasteiger partial charge in [0.05, 0.1) is 4.92 Å². The quantitative estimate of drug-likeness (QED) is 0.459. The topological polar surface area (TPSA) is 73.1 Å². The Bertz CT molecular complexity index is 564. The van der Waals surface area contributed by atoms with Crippen molar-refractivity contribution in [1.82, 2.24) is 4.98 Å². The lowest BCUT2D eigenvalue weighted by Gasteiger charge is -2.01. The predicted octanol–water partition coefficient (Wildman–Crippen LogP) is 2.47. The molecular weight excluding hydrogens is 220 g/mol. The summed E-state index contributed by atoms with van der Waals surface area (Å²) in [5, 5.41) is 10.8. The van der Waals surface area contributed by atoms with Crippen LogP contribution in [-0.2, 0) is 0 Å². The van der Waals surface area contributed by atoms with Crippen LogP contribution in [0.5, 0.6) is 0 Å². The molecule has 1 aromatic heterocycles. The van der Waals surface area contributed by atoms with E-state index >= 15 is 0 Å². The second-order valence-corrected chi connectivity index (χ2v) is 3.37. The third-order valence-electron chi connectivity index (χ3n) is 2.30. The van der Waals surface area contributed by atoms with E-state index < -0.39 is 4.92 Å². The van der Waals surface area contributed by atoms with Crippen LogP contribution in [0.2, 0.25) is 0 Å². The number of aromatic nitrogens is 1. The minimum Gasteiger partial charge on any atom is -0.298 e. The van der Waals surface area contributed by atoms with Crippen LogP contribution in [0.3, 0.4) is 0 Å². The van der Waals surface area contributed by atoms with E-state index in [0.717, 1.165) is 6.29 Å². The van der Waals surface area contributed by atoms with E-state index in [1.807, 2.05) is 0 Å². The number of hydrogen-bond acceptors (Lipinski definition) is 4. The van der Waals surface area contributed by atoms with Gasteiger partial charge in [-0.1, -0.05) is 24.3 Å². The molecule has 0 saturated heterocycles. The lowest BCUT2D eigenvalue weighted by molar-refractivity contribution is -0.384. The number of nitrogens with zero attached hydrogens (tertiary/aromatic N) is 2. The fraction of sp³-hybridized carbons (Fsp3) is 0. The molecule has 0 spiro atoms. The highest BCUT2D eigenvalue weighted by molar-refractivity contribution is 5.77. The lowest BCUT2D eigenvalue weighted by Crippen LogP contribution is -1.94. The average molecular weight is 228 g/mol. The Labute approximate surface area is 96.9 Å². The summed E-state index contributed by atoms with van der Waals surface area (Å²) >= 11 is 0. The van der Waals surface area contributed by atoms with Crippen molar-refractivity contribution < 1.29 is 9.72 Å². The fourth-order valence-corrected chi connectivity index (χ4v) is 1.49. The molecule has 0 amide bonds. The van der Waals surface area contributed by atoms with Crippen LogP contribution < -0.4 is 0 Å². The van der Waals surface area contributed by atoms with Gasteiger partial charge in [0.2, 0.25) is 0 Å². The van der Waals surface area contributed by atoms with Crippen molar-refractivity contribution in [2.24, 2.45) is 0 Å². The number of aldehydes is 1. The van der Waals surface area contributed by atoms with Gasteiger partial charge in [0, 0.05) is 23.4 Å². The van der Waals surface area contributed by atoms with Crippen molar-refractivity contribution >= 4 is 12.0 Å². The number of rotatable bonds is 3. The number of carbonyl (C=O) groups excluding carboxylic acids is 1. The standard InChI is InChI=1S/C12H8N2O3/c15-8-9-3-5-10(6-4-9)12-11(14(16)17)2-1-7-13-12/h1-8H. The molecule has 2 aromatic rings. The largest absolute Gasteiger partial charge is 0.298 e. The second-order valence-electron chi connectivity index (χ2n) is 3.37. The number of pyridine rings is 1. The summed E-state index contributed by atoms with van der Waals surface area (Å²) in [5.41, 5.74) is 1.39. The normalized spacial score (nSPS) is 9.88. The Morgan fingerprint density at radius 1 is 1.18 bits per heavy atom. The molecule has 0 N–H and O–H groups in total. The van der Waals surface area contributed by atoms with Crippen molar-refractivity contribution in [1.29, 1.82) is 0 Å². The first-order valence-electron chi connectivity index (χ1n) is 4.87. The van der Waals surface area contributed by atoms with Crippen LogP contribution in [0.4, 0.5) is 5.69 Å². The summed E-state index contributed by atoms with van der Waals surface area (Å²) in [4.78, 5) is 24.9.